The normalized spacial score (nSPS) is 12.4. The molecule has 114 valence electrons. The van der Waals surface area contributed by atoms with Crippen molar-refractivity contribution in [2.45, 2.75) is 47.0 Å². The molecule has 0 radical (unpaired) electrons. The average Bonchev–Trinajstić information content (AvgIpc) is 2.83. The number of hydrogen-bond donors (Lipinski definition) is 1. The molecule has 3 heteroatoms. The maximum atomic E-state index is 5.87. The highest BCUT2D eigenvalue weighted by Crippen LogP contribution is 2.22. The molecule has 0 fully saturated rings. The molecule has 0 atom stereocenters. The predicted octanol–water partition coefficient (Wildman–Crippen LogP) is 5.08. The van der Waals surface area contributed by atoms with Gasteiger partial charge in [-0.25, -0.2) is 4.98 Å². The Kier molecular flexibility index (Phi) is 6.73. The molecule has 0 bridgehead atoms. The van der Waals surface area contributed by atoms with Crippen LogP contribution in [0.3, 0.4) is 0 Å². The number of hydrogen-bond acceptors (Lipinski definition) is 2. The summed E-state index contributed by atoms with van der Waals surface area (Å²) in [6.07, 6.45) is 8.65. The molecule has 0 aliphatic rings. The van der Waals surface area contributed by atoms with E-state index in [4.69, 9.17) is 4.74 Å². The van der Waals surface area contributed by atoms with Gasteiger partial charge in [-0.3, -0.25) is 0 Å². The molecule has 0 saturated carbocycles. The van der Waals surface area contributed by atoms with Crippen LogP contribution in [0.25, 0.3) is 5.76 Å². The van der Waals surface area contributed by atoms with E-state index in [1.54, 1.807) is 6.08 Å². The summed E-state index contributed by atoms with van der Waals surface area (Å²) in [6.45, 7) is 16.0. The second-order valence-electron chi connectivity index (χ2n) is 4.86. The lowest BCUT2D eigenvalue weighted by Crippen LogP contribution is -1.96. The van der Waals surface area contributed by atoms with Crippen molar-refractivity contribution in [1.29, 1.82) is 0 Å². The van der Waals surface area contributed by atoms with E-state index >= 15 is 0 Å². The summed E-state index contributed by atoms with van der Waals surface area (Å²) >= 11 is 0. The van der Waals surface area contributed by atoms with Crippen LogP contribution in [0, 0.1) is 6.92 Å². The minimum atomic E-state index is 0.589. The number of allylic oxidation sites excluding steroid dienone is 3. The van der Waals surface area contributed by atoms with Crippen molar-refractivity contribution in [3.8, 4) is 0 Å². The Morgan fingerprint density at radius 3 is 2.62 bits per heavy atom. The Hall–Kier alpha value is -2.03. The maximum absolute atomic E-state index is 5.87. The Morgan fingerprint density at radius 1 is 1.38 bits per heavy atom. The lowest BCUT2D eigenvalue weighted by atomic mass is 10.2. The fourth-order valence-corrected chi connectivity index (χ4v) is 2.06. The van der Waals surface area contributed by atoms with Crippen LogP contribution in [-0.4, -0.2) is 9.97 Å². The summed E-state index contributed by atoms with van der Waals surface area (Å²) in [7, 11) is 0. The molecule has 0 aliphatic carbocycles. The molecule has 0 amide bonds. The van der Waals surface area contributed by atoms with Crippen molar-refractivity contribution < 1.29 is 4.74 Å². The van der Waals surface area contributed by atoms with Crippen LogP contribution >= 0.6 is 0 Å². The van der Waals surface area contributed by atoms with Gasteiger partial charge in [-0.05, 0) is 32.8 Å². The van der Waals surface area contributed by atoms with Gasteiger partial charge in [0.25, 0.3) is 0 Å². The first-order valence-corrected chi connectivity index (χ1v) is 7.49. The summed E-state index contributed by atoms with van der Waals surface area (Å²) in [5.74, 6) is 2.03. The molecular formula is C18H26N2O. The molecule has 0 spiro atoms. The molecule has 1 aromatic rings. The lowest BCUT2D eigenvalue weighted by Gasteiger charge is -2.11. The molecular weight excluding hydrogens is 260 g/mol. The van der Waals surface area contributed by atoms with Gasteiger partial charge in [0.15, 0.2) is 11.6 Å². The second-order valence-corrected chi connectivity index (χ2v) is 4.86. The van der Waals surface area contributed by atoms with Crippen LogP contribution in [0.2, 0.25) is 0 Å². The first kappa shape index (κ1) is 17.0. The van der Waals surface area contributed by atoms with Gasteiger partial charge in [0, 0.05) is 11.3 Å². The second kappa shape index (κ2) is 8.30. The molecule has 0 unspecified atom stereocenters. The quantitative estimate of drug-likeness (QED) is 0.534. The predicted molar refractivity (Wildman–Crippen MR) is 89.8 cm³/mol. The number of rotatable bonds is 8. The van der Waals surface area contributed by atoms with Crippen molar-refractivity contribution in [1.82, 2.24) is 9.97 Å². The number of H-pyrrole nitrogens is 1. The molecule has 1 rings (SSSR count). The molecule has 1 N–H and O–H groups in total. The highest BCUT2D eigenvalue weighted by atomic mass is 16.5. The lowest BCUT2D eigenvalue weighted by molar-refractivity contribution is 0.393. The summed E-state index contributed by atoms with van der Waals surface area (Å²) < 4.78 is 5.87. The molecule has 3 nitrogen and oxygen atoms in total. The summed E-state index contributed by atoms with van der Waals surface area (Å²) in [5.41, 5.74) is 3.09. The van der Waals surface area contributed by atoms with Gasteiger partial charge >= 0.3 is 0 Å². The number of ether oxygens (including phenoxy) is 1. The Morgan fingerprint density at radius 2 is 2.10 bits per heavy atom. The molecule has 21 heavy (non-hydrogen) atoms. The Bertz CT molecular complexity index is 562. The van der Waals surface area contributed by atoms with Crippen LogP contribution < -0.4 is 0 Å². The van der Waals surface area contributed by atoms with E-state index in [1.807, 2.05) is 26.0 Å². The molecule has 0 saturated heterocycles. The fraction of sp³-hybridized carbons (Fsp3) is 0.389. The third kappa shape index (κ3) is 4.48. The van der Waals surface area contributed by atoms with Gasteiger partial charge < -0.3 is 9.72 Å². The van der Waals surface area contributed by atoms with E-state index in [0.29, 0.717) is 11.5 Å². The fourth-order valence-electron chi connectivity index (χ4n) is 2.06. The number of nitrogens with one attached hydrogen (secondary N) is 1. The third-order valence-electron chi connectivity index (χ3n) is 3.17. The molecule has 0 aliphatic heterocycles. The average molecular weight is 286 g/mol. The van der Waals surface area contributed by atoms with Gasteiger partial charge in [-0.2, -0.15) is 0 Å². The van der Waals surface area contributed by atoms with Gasteiger partial charge in [0.1, 0.15) is 5.76 Å². The maximum Gasteiger partial charge on any atom is 0.173 e. The van der Waals surface area contributed by atoms with E-state index in [2.05, 4.69) is 37.0 Å². The van der Waals surface area contributed by atoms with Crippen LogP contribution in [0.15, 0.2) is 42.7 Å². The van der Waals surface area contributed by atoms with Gasteiger partial charge in [-0.15, -0.1) is 0 Å². The minimum absolute atomic E-state index is 0.589. The van der Waals surface area contributed by atoms with E-state index in [-0.39, 0.29) is 0 Å². The number of nitrogens with zero attached hydrogens (tertiary/aromatic N) is 1. The Labute approximate surface area is 128 Å². The van der Waals surface area contributed by atoms with Crippen molar-refractivity contribution in [3.05, 3.63) is 59.9 Å². The number of aryl methyl sites for hydroxylation is 2. The molecule has 1 heterocycles. The topological polar surface area (TPSA) is 37.9 Å². The zero-order valence-electron chi connectivity index (χ0n) is 13.6. The van der Waals surface area contributed by atoms with Crippen molar-refractivity contribution in [3.63, 3.8) is 0 Å². The van der Waals surface area contributed by atoms with Gasteiger partial charge in [0.05, 0.1) is 5.69 Å². The van der Waals surface area contributed by atoms with Gasteiger partial charge in [0.2, 0.25) is 0 Å². The van der Waals surface area contributed by atoms with Crippen molar-refractivity contribution in [2.75, 3.05) is 0 Å². The van der Waals surface area contributed by atoms with Crippen LogP contribution in [0.4, 0.5) is 0 Å². The zero-order chi connectivity index (χ0) is 15.8. The van der Waals surface area contributed by atoms with Crippen LogP contribution in [0.5, 0.6) is 0 Å². The first-order valence-electron chi connectivity index (χ1n) is 7.49. The number of aromatic amines is 1. The summed E-state index contributed by atoms with van der Waals surface area (Å²) in [6, 6.07) is 0. The van der Waals surface area contributed by atoms with E-state index in [1.165, 1.54) is 0 Å². The standard InChI is InChI=1S/C18H26N2O/c1-7-11-15(9-3)14(6)21-17(10-4)18-19-13(5)16(20-18)12-8-2/h9-11H,3,6-8,12H2,1-2,4-5H3,(H,19,20)/b15-11+,17-10-. The van der Waals surface area contributed by atoms with E-state index < -0.39 is 0 Å². The number of aromatic nitrogens is 2. The van der Waals surface area contributed by atoms with Crippen LogP contribution in [0.1, 0.15) is 50.8 Å². The summed E-state index contributed by atoms with van der Waals surface area (Å²) in [5, 5.41) is 0. The third-order valence-corrected chi connectivity index (χ3v) is 3.17. The van der Waals surface area contributed by atoms with E-state index in [0.717, 1.165) is 42.0 Å². The molecule has 1 aromatic heterocycles. The monoisotopic (exact) mass is 286 g/mol. The molecule has 0 aromatic carbocycles. The summed E-state index contributed by atoms with van der Waals surface area (Å²) in [4.78, 5) is 7.90. The SMILES string of the molecule is C=C/C(=C\CC)C(=C)O/C(=C\C)c1nc(CCC)c(C)[nH]1. The van der Waals surface area contributed by atoms with Crippen molar-refractivity contribution >= 4 is 5.76 Å². The number of imidazole rings is 1. The minimum Gasteiger partial charge on any atom is -0.454 e. The first-order chi connectivity index (χ1) is 10.1. The smallest absolute Gasteiger partial charge is 0.173 e. The zero-order valence-corrected chi connectivity index (χ0v) is 13.6. The highest BCUT2D eigenvalue weighted by molar-refractivity contribution is 5.56. The van der Waals surface area contributed by atoms with Crippen molar-refractivity contribution in [2.24, 2.45) is 0 Å². The van der Waals surface area contributed by atoms with Gasteiger partial charge in [-0.1, -0.05) is 45.6 Å². The highest BCUT2D eigenvalue weighted by Gasteiger charge is 2.12. The Balaban J connectivity index is 2.94. The van der Waals surface area contributed by atoms with E-state index in [9.17, 15) is 0 Å². The van der Waals surface area contributed by atoms with Crippen LogP contribution in [-0.2, 0) is 11.2 Å². The largest absolute Gasteiger partial charge is 0.454 e.